The standard InChI is InChI=1S/C30H32NS3.C15H28O2.Ir/c1-8-32-25-14-11-21(17-24(25)30(5,6)7)29-28-23-13-12-22(33-20(4)10-9-19(2)3)18-27(23)34-26(28)15-16-31-29;1-7-14(5,8-2)12(16)11-13(17)15(6,9-3)10-4;/h8,10,12-19H,1,9H2,2-7H3;11,16H,7-10H2,1-6H3;/q-1;;/b20-10+;12-11-;. The molecule has 0 saturated heterocycles. The van der Waals surface area contributed by atoms with Gasteiger partial charge in [0.05, 0.1) is 0 Å². The van der Waals surface area contributed by atoms with Crippen molar-refractivity contribution in [3.63, 3.8) is 0 Å². The molecule has 2 heterocycles. The van der Waals surface area contributed by atoms with Crippen LogP contribution in [0.3, 0.4) is 0 Å². The van der Waals surface area contributed by atoms with Gasteiger partial charge < -0.3 is 10.1 Å². The average Bonchev–Trinajstić information content (AvgIpc) is 3.48. The third-order valence-corrected chi connectivity index (χ3v) is 13.2. The van der Waals surface area contributed by atoms with Gasteiger partial charge in [-0.15, -0.1) is 40.7 Å². The van der Waals surface area contributed by atoms with Crippen molar-refractivity contribution in [1.82, 2.24) is 4.98 Å². The summed E-state index contributed by atoms with van der Waals surface area (Å²) in [5.74, 6) is 0.973. The van der Waals surface area contributed by atoms with Gasteiger partial charge in [0.25, 0.3) is 0 Å². The van der Waals surface area contributed by atoms with Crippen molar-refractivity contribution < 1.29 is 30.0 Å². The number of aromatic nitrogens is 1. The Bertz CT molecular complexity index is 1870. The molecule has 1 N–H and O–H groups in total. The van der Waals surface area contributed by atoms with Crippen LogP contribution in [0.15, 0.2) is 87.2 Å². The van der Waals surface area contributed by atoms with Crippen molar-refractivity contribution in [2.45, 2.75) is 130 Å². The van der Waals surface area contributed by atoms with Crippen LogP contribution >= 0.6 is 34.9 Å². The van der Waals surface area contributed by atoms with Crippen LogP contribution in [0.1, 0.15) is 121 Å². The summed E-state index contributed by atoms with van der Waals surface area (Å²) in [4.78, 5) is 20.9. The van der Waals surface area contributed by atoms with Crippen LogP contribution in [0.25, 0.3) is 31.4 Å². The summed E-state index contributed by atoms with van der Waals surface area (Å²) in [6.07, 6.45) is 10.2. The third kappa shape index (κ3) is 11.4. The second-order valence-corrected chi connectivity index (χ2v) is 18.8. The molecule has 0 amide bonds. The molecule has 2 aromatic carbocycles. The molecule has 0 atom stereocenters. The zero-order valence-corrected chi connectivity index (χ0v) is 38.3. The molecule has 0 bridgehead atoms. The second kappa shape index (κ2) is 20.0. The molecule has 2 aromatic heterocycles. The van der Waals surface area contributed by atoms with E-state index in [-0.39, 0.29) is 47.9 Å². The Morgan fingerprint density at radius 3 is 2.17 bits per heavy atom. The number of thiophene rings is 1. The second-order valence-electron chi connectivity index (χ2n) is 15.4. The molecule has 7 heteroatoms. The number of allylic oxidation sites excluding steroid dienone is 4. The van der Waals surface area contributed by atoms with E-state index in [4.69, 9.17) is 4.98 Å². The molecule has 0 fully saturated rings. The van der Waals surface area contributed by atoms with Gasteiger partial charge in [-0.1, -0.05) is 112 Å². The molecule has 285 valence electrons. The van der Waals surface area contributed by atoms with Gasteiger partial charge in [0, 0.05) is 57.5 Å². The Hall–Kier alpha value is -2.15. The molecule has 0 saturated carbocycles. The molecule has 1 radical (unpaired) electrons. The van der Waals surface area contributed by atoms with E-state index in [1.165, 1.54) is 46.5 Å². The first kappa shape index (κ1) is 46.0. The van der Waals surface area contributed by atoms with Crippen molar-refractivity contribution >= 4 is 60.8 Å². The maximum atomic E-state index is 12.2. The van der Waals surface area contributed by atoms with Gasteiger partial charge in [-0.25, -0.2) is 0 Å². The molecule has 0 aliphatic carbocycles. The van der Waals surface area contributed by atoms with Crippen LogP contribution in [-0.2, 0) is 30.3 Å². The Balaban J connectivity index is 0.000000444. The van der Waals surface area contributed by atoms with Crippen LogP contribution in [0, 0.1) is 22.8 Å². The van der Waals surface area contributed by atoms with Gasteiger partial charge in [-0.05, 0) is 95.3 Å². The van der Waals surface area contributed by atoms with Crippen molar-refractivity contribution in [3.05, 3.63) is 89.0 Å². The van der Waals surface area contributed by atoms with Crippen LogP contribution < -0.4 is 0 Å². The Labute approximate surface area is 341 Å². The fourth-order valence-corrected chi connectivity index (χ4v) is 8.55. The predicted octanol–water partition coefficient (Wildman–Crippen LogP) is 15.1. The largest absolute Gasteiger partial charge is 0.512 e. The number of fused-ring (bicyclic) bond motifs is 3. The van der Waals surface area contributed by atoms with Crippen LogP contribution in [0.4, 0.5) is 0 Å². The monoisotopic (exact) mass is 935 g/mol. The molecule has 0 aliphatic rings. The first-order chi connectivity index (χ1) is 24.0. The molecule has 3 nitrogen and oxygen atoms in total. The van der Waals surface area contributed by atoms with E-state index >= 15 is 0 Å². The Kier molecular flexibility index (Phi) is 17.7. The first-order valence-electron chi connectivity index (χ1n) is 18.4. The first-order valence-corrected chi connectivity index (χ1v) is 20.9. The summed E-state index contributed by atoms with van der Waals surface area (Å²) in [6, 6.07) is 16.9. The number of rotatable bonds is 14. The SMILES string of the molecule is C=CSc1c[c-]c(-c2nccc3sc4cc(S/C(C)=C/CC(C)C)ccc4c23)cc1C(C)(C)C.CCC(C)(CC)C(=O)/C=C(\O)C(C)(CC)CC.[Ir]. The molecule has 0 aliphatic heterocycles. The summed E-state index contributed by atoms with van der Waals surface area (Å²) in [5, 5.41) is 14.5. The topological polar surface area (TPSA) is 50.2 Å². The number of aliphatic hydroxyl groups excluding tert-OH is 1. The Morgan fingerprint density at radius 1 is 0.981 bits per heavy atom. The Morgan fingerprint density at radius 2 is 1.62 bits per heavy atom. The van der Waals surface area contributed by atoms with E-state index in [0.717, 1.165) is 43.4 Å². The van der Waals surface area contributed by atoms with E-state index in [0.29, 0.717) is 5.92 Å². The summed E-state index contributed by atoms with van der Waals surface area (Å²) in [5.41, 5.74) is 2.78. The van der Waals surface area contributed by atoms with Gasteiger partial charge in [0.15, 0.2) is 5.78 Å². The number of aliphatic hydroxyl groups is 1. The number of benzene rings is 2. The van der Waals surface area contributed by atoms with E-state index in [2.05, 4.69) is 96.7 Å². The summed E-state index contributed by atoms with van der Waals surface area (Å²) in [7, 11) is 0. The number of ketones is 1. The number of thioether (sulfide) groups is 2. The molecule has 0 spiro atoms. The molecule has 52 heavy (non-hydrogen) atoms. The molecule has 0 unspecified atom stereocenters. The number of hydrogen-bond acceptors (Lipinski definition) is 6. The smallest absolute Gasteiger partial charge is 0.164 e. The van der Waals surface area contributed by atoms with Crippen molar-refractivity contribution in [3.8, 4) is 11.3 Å². The van der Waals surface area contributed by atoms with Gasteiger partial charge in [0.2, 0.25) is 0 Å². The van der Waals surface area contributed by atoms with Crippen LogP contribution in [-0.4, -0.2) is 15.9 Å². The van der Waals surface area contributed by atoms with Crippen molar-refractivity contribution in [2.75, 3.05) is 0 Å². The van der Waals surface area contributed by atoms with Gasteiger partial charge >= 0.3 is 0 Å². The minimum absolute atomic E-state index is 0. The maximum Gasteiger partial charge on any atom is 0.164 e. The quantitative estimate of drug-likeness (QED) is 0.0591. The predicted molar refractivity (Wildman–Crippen MR) is 228 cm³/mol. The summed E-state index contributed by atoms with van der Waals surface area (Å²) >= 11 is 5.36. The number of hydrogen-bond donors (Lipinski definition) is 1. The zero-order chi connectivity index (χ0) is 38.1. The van der Waals surface area contributed by atoms with E-state index in [1.54, 1.807) is 11.8 Å². The molecular weight excluding hydrogens is 875 g/mol. The minimum Gasteiger partial charge on any atom is -0.512 e. The van der Waals surface area contributed by atoms with Crippen LogP contribution in [0.2, 0.25) is 0 Å². The summed E-state index contributed by atoms with van der Waals surface area (Å²) in [6.45, 7) is 29.5. The average molecular weight is 935 g/mol. The van der Waals surface area contributed by atoms with Crippen LogP contribution in [0.5, 0.6) is 0 Å². The van der Waals surface area contributed by atoms with Crippen molar-refractivity contribution in [1.29, 1.82) is 0 Å². The number of nitrogens with zero attached hydrogens (tertiary/aromatic N) is 1. The normalized spacial score (nSPS) is 12.9. The molecular formula is C45H60IrNO2S3-. The number of carbonyl (C=O) groups is 1. The van der Waals surface area contributed by atoms with Crippen molar-refractivity contribution in [2.24, 2.45) is 16.7 Å². The van der Waals surface area contributed by atoms with Gasteiger partial charge in [0.1, 0.15) is 5.76 Å². The van der Waals surface area contributed by atoms with E-state index < -0.39 is 0 Å². The minimum atomic E-state index is -0.337. The fraction of sp³-hybridized carbons (Fsp3) is 0.467. The van der Waals surface area contributed by atoms with Gasteiger partial charge in [-0.2, -0.15) is 11.8 Å². The zero-order valence-electron chi connectivity index (χ0n) is 33.5. The fourth-order valence-electron chi connectivity index (χ4n) is 5.67. The summed E-state index contributed by atoms with van der Waals surface area (Å²) < 4.78 is 2.57. The number of pyridine rings is 1. The van der Waals surface area contributed by atoms with E-state index in [9.17, 15) is 9.90 Å². The third-order valence-electron chi connectivity index (χ3n) is 10.3. The number of carbonyl (C=O) groups excluding carboxylic acids is 1. The van der Waals surface area contributed by atoms with E-state index in [1.807, 2.05) is 76.2 Å². The maximum absolute atomic E-state index is 12.2. The molecule has 4 aromatic rings. The molecule has 4 rings (SSSR count). The van der Waals surface area contributed by atoms with Gasteiger partial charge in [-0.3, -0.25) is 4.79 Å².